The number of hydrogen-bond donors (Lipinski definition) is 0. The third kappa shape index (κ3) is 4.07. The third-order valence-electron chi connectivity index (χ3n) is 10.6. The molecular weight excluding hydrogens is 374 g/mol. The van der Waals surface area contributed by atoms with Gasteiger partial charge in [0, 0.05) is 6.42 Å². The summed E-state index contributed by atoms with van der Waals surface area (Å²) < 4.78 is 0. The van der Waals surface area contributed by atoms with Crippen LogP contribution >= 0.6 is 0 Å². The Kier molecular flexibility index (Phi) is 7.21. The first-order valence-corrected chi connectivity index (χ1v) is 13.3. The SMILES string of the molecule is C=C(C)C1CCC2=C(CC[C@]3(C)[C@@H]([C@H](C)CCCC(C)C)CC[C@@]23C)[C@@]1(C)CCC#N. The predicted octanol–water partition coefficient (Wildman–Crippen LogP) is 9.26. The highest BCUT2D eigenvalue weighted by Gasteiger charge is 2.61. The number of nitrogens with zero attached hydrogens (tertiary/aromatic N) is 1. The summed E-state index contributed by atoms with van der Waals surface area (Å²) in [6, 6.07) is 2.46. The maximum Gasteiger partial charge on any atom is 0.0622 e. The Hall–Kier alpha value is -1.03. The summed E-state index contributed by atoms with van der Waals surface area (Å²) in [7, 11) is 0. The van der Waals surface area contributed by atoms with Crippen LogP contribution in [-0.2, 0) is 0 Å². The van der Waals surface area contributed by atoms with E-state index in [1.54, 1.807) is 5.57 Å². The molecule has 0 aromatic carbocycles. The molecule has 1 heteroatoms. The largest absolute Gasteiger partial charge is 0.198 e. The van der Waals surface area contributed by atoms with Crippen LogP contribution < -0.4 is 0 Å². The minimum absolute atomic E-state index is 0.139. The van der Waals surface area contributed by atoms with Gasteiger partial charge >= 0.3 is 0 Å². The zero-order valence-electron chi connectivity index (χ0n) is 21.7. The van der Waals surface area contributed by atoms with Crippen LogP contribution in [0.25, 0.3) is 0 Å². The second-order valence-corrected chi connectivity index (χ2v) is 12.7. The lowest BCUT2D eigenvalue weighted by Crippen LogP contribution is -2.48. The molecule has 174 valence electrons. The van der Waals surface area contributed by atoms with E-state index < -0.39 is 0 Å². The van der Waals surface area contributed by atoms with Crippen LogP contribution in [0.2, 0.25) is 0 Å². The zero-order valence-corrected chi connectivity index (χ0v) is 21.7. The molecule has 0 saturated heterocycles. The molecule has 1 unspecified atom stereocenters. The number of fused-ring (bicyclic) bond motifs is 2. The molecule has 3 aliphatic carbocycles. The van der Waals surface area contributed by atoms with Gasteiger partial charge in [-0.3, -0.25) is 0 Å². The van der Waals surface area contributed by atoms with Crippen LogP contribution in [0.3, 0.4) is 0 Å². The monoisotopic (exact) mass is 423 g/mol. The molecule has 0 radical (unpaired) electrons. The van der Waals surface area contributed by atoms with Gasteiger partial charge in [0.2, 0.25) is 0 Å². The lowest BCUT2D eigenvalue weighted by Gasteiger charge is -2.57. The molecule has 31 heavy (non-hydrogen) atoms. The van der Waals surface area contributed by atoms with Crippen molar-refractivity contribution in [3.05, 3.63) is 23.3 Å². The van der Waals surface area contributed by atoms with E-state index in [-0.39, 0.29) is 5.41 Å². The lowest BCUT2D eigenvalue weighted by molar-refractivity contribution is 0.0276. The Labute approximate surface area is 193 Å². The Morgan fingerprint density at radius 1 is 1.06 bits per heavy atom. The second-order valence-electron chi connectivity index (χ2n) is 12.7. The molecule has 6 atom stereocenters. The van der Waals surface area contributed by atoms with Gasteiger partial charge in [-0.25, -0.2) is 0 Å². The summed E-state index contributed by atoms with van der Waals surface area (Å²) in [5, 5.41) is 9.39. The second kappa shape index (κ2) is 9.08. The van der Waals surface area contributed by atoms with E-state index in [1.165, 1.54) is 63.4 Å². The average molecular weight is 424 g/mol. The van der Waals surface area contributed by atoms with Gasteiger partial charge in [-0.2, -0.15) is 5.26 Å². The van der Waals surface area contributed by atoms with E-state index in [4.69, 9.17) is 0 Å². The molecule has 0 heterocycles. The summed E-state index contributed by atoms with van der Waals surface area (Å²) in [4.78, 5) is 0. The topological polar surface area (TPSA) is 23.8 Å². The van der Waals surface area contributed by atoms with Gasteiger partial charge in [0.15, 0.2) is 0 Å². The first kappa shape index (κ1) is 24.6. The van der Waals surface area contributed by atoms with Crippen LogP contribution in [0.4, 0.5) is 0 Å². The number of allylic oxidation sites excluding steroid dienone is 3. The van der Waals surface area contributed by atoms with E-state index in [0.717, 1.165) is 24.2 Å². The molecule has 1 nitrogen and oxygen atoms in total. The van der Waals surface area contributed by atoms with E-state index in [1.807, 2.05) is 5.57 Å². The molecule has 0 aromatic heterocycles. The van der Waals surface area contributed by atoms with Gasteiger partial charge in [0.05, 0.1) is 6.07 Å². The van der Waals surface area contributed by atoms with Gasteiger partial charge in [-0.1, -0.05) is 84.1 Å². The van der Waals surface area contributed by atoms with E-state index in [0.29, 0.717) is 23.2 Å². The van der Waals surface area contributed by atoms with Gasteiger partial charge in [-0.15, -0.1) is 0 Å². The predicted molar refractivity (Wildman–Crippen MR) is 134 cm³/mol. The number of nitriles is 1. The maximum atomic E-state index is 9.39. The summed E-state index contributed by atoms with van der Waals surface area (Å²) in [6.45, 7) is 21.7. The lowest BCUT2D eigenvalue weighted by atomic mass is 9.47. The first-order chi connectivity index (χ1) is 14.5. The molecule has 0 spiro atoms. The average Bonchev–Trinajstić information content (AvgIpc) is 2.97. The Morgan fingerprint density at radius 3 is 2.39 bits per heavy atom. The molecule has 0 aliphatic heterocycles. The van der Waals surface area contributed by atoms with Gasteiger partial charge in [0.25, 0.3) is 0 Å². The van der Waals surface area contributed by atoms with Crippen molar-refractivity contribution in [2.45, 2.75) is 119 Å². The van der Waals surface area contributed by atoms with Crippen molar-refractivity contribution in [3.63, 3.8) is 0 Å². The van der Waals surface area contributed by atoms with Crippen molar-refractivity contribution in [1.82, 2.24) is 0 Å². The Morgan fingerprint density at radius 2 is 1.77 bits per heavy atom. The van der Waals surface area contributed by atoms with Crippen LogP contribution in [0.15, 0.2) is 23.3 Å². The molecule has 3 aliphatic rings. The van der Waals surface area contributed by atoms with Crippen LogP contribution in [0.1, 0.15) is 119 Å². The fourth-order valence-corrected chi connectivity index (χ4v) is 8.55. The first-order valence-electron chi connectivity index (χ1n) is 13.3. The smallest absolute Gasteiger partial charge is 0.0622 e. The minimum Gasteiger partial charge on any atom is -0.198 e. The van der Waals surface area contributed by atoms with Crippen LogP contribution in [0.5, 0.6) is 0 Å². The molecule has 0 amide bonds. The van der Waals surface area contributed by atoms with Crippen LogP contribution in [0, 0.1) is 51.2 Å². The zero-order chi connectivity index (χ0) is 23.0. The van der Waals surface area contributed by atoms with Gasteiger partial charge < -0.3 is 0 Å². The normalized spacial score (nSPS) is 38.5. The molecule has 1 fully saturated rings. The molecule has 3 rings (SSSR count). The fourth-order valence-electron chi connectivity index (χ4n) is 8.55. The van der Waals surface area contributed by atoms with Crippen molar-refractivity contribution in [2.24, 2.45) is 39.9 Å². The summed E-state index contributed by atoms with van der Waals surface area (Å²) >= 11 is 0. The summed E-state index contributed by atoms with van der Waals surface area (Å²) in [6.07, 6.45) is 13.7. The van der Waals surface area contributed by atoms with Gasteiger partial charge in [0.1, 0.15) is 0 Å². The highest BCUT2D eigenvalue weighted by molar-refractivity contribution is 5.39. The molecular formula is C30H49N. The van der Waals surface area contributed by atoms with Crippen molar-refractivity contribution in [3.8, 4) is 6.07 Å². The van der Waals surface area contributed by atoms with Crippen molar-refractivity contribution >= 4 is 0 Å². The van der Waals surface area contributed by atoms with E-state index in [9.17, 15) is 5.26 Å². The Balaban J connectivity index is 1.92. The van der Waals surface area contributed by atoms with Crippen molar-refractivity contribution < 1.29 is 0 Å². The maximum absolute atomic E-state index is 9.39. The highest BCUT2D eigenvalue weighted by atomic mass is 14.6. The molecule has 1 saturated carbocycles. The fraction of sp³-hybridized carbons (Fsp3) is 0.833. The minimum atomic E-state index is 0.139. The summed E-state index contributed by atoms with van der Waals surface area (Å²) in [5.41, 5.74) is 5.82. The van der Waals surface area contributed by atoms with E-state index >= 15 is 0 Å². The van der Waals surface area contributed by atoms with Crippen LogP contribution in [-0.4, -0.2) is 0 Å². The molecule has 0 aromatic rings. The van der Waals surface area contributed by atoms with E-state index in [2.05, 4.69) is 61.1 Å². The molecule has 0 N–H and O–H groups in total. The summed E-state index contributed by atoms with van der Waals surface area (Å²) in [5.74, 6) is 3.07. The third-order valence-corrected chi connectivity index (χ3v) is 10.6. The van der Waals surface area contributed by atoms with Gasteiger partial charge in [-0.05, 0) is 91.8 Å². The highest BCUT2D eigenvalue weighted by Crippen LogP contribution is 2.71. The number of rotatable bonds is 8. The Bertz CT molecular complexity index is 751. The standard InChI is InChI=1S/C30H49N/c1-21(2)11-9-12-23(5)25-15-18-30(8)27-14-13-24(22(3)4)28(6,17-10-20-31)26(27)16-19-29(25,30)7/h21,23-25H,3,9-19H2,1-2,4-8H3/t23-,24?,25-,28+,29-,30+/m1/s1. The molecule has 0 bridgehead atoms. The quantitative estimate of drug-likeness (QED) is 0.357. The number of hydrogen-bond acceptors (Lipinski definition) is 1. The van der Waals surface area contributed by atoms with Crippen molar-refractivity contribution in [1.29, 1.82) is 5.26 Å². The van der Waals surface area contributed by atoms with Crippen molar-refractivity contribution in [2.75, 3.05) is 0 Å².